The van der Waals surface area contributed by atoms with Crippen molar-refractivity contribution in [3.8, 4) is 5.75 Å². The fourth-order valence-electron chi connectivity index (χ4n) is 2.22. The Morgan fingerprint density at radius 1 is 1.39 bits per heavy atom. The molecule has 0 saturated heterocycles. The number of fused-ring (bicyclic) bond motifs is 1. The molecular weight excluding hydrogens is 254 g/mol. The number of hydrogen-bond donors (Lipinski definition) is 2. The van der Waals surface area contributed by atoms with Gasteiger partial charge in [0.05, 0.1) is 0 Å². The molecule has 0 fully saturated rings. The van der Waals surface area contributed by atoms with Crippen molar-refractivity contribution in [2.45, 2.75) is 25.8 Å². The predicted molar refractivity (Wildman–Crippen MR) is 67.9 cm³/mol. The van der Waals surface area contributed by atoms with Gasteiger partial charge in [0.25, 0.3) is 0 Å². The molecule has 0 aromatic heterocycles. The number of Topliss-reactive ketones (excluding diaryl/α,β-unsaturated/α-hetero) is 1. The number of carbonyl (C=O) groups is 2. The van der Waals surface area contributed by atoms with E-state index in [1.165, 1.54) is 6.07 Å². The fourth-order valence-corrected chi connectivity index (χ4v) is 2.31. The van der Waals surface area contributed by atoms with Gasteiger partial charge in [0, 0.05) is 24.1 Å². The van der Waals surface area contributed by atoms with Crippen molar-refractivity contribution in [3.63, 3.8) is 0 Å². The number of alkyl halides is 1. The van der Waals surface area contributed by atoms with E-state index in [4.69, 9.17) is 11.6 Å². The lowest BCUT2D eigenvalue weighted by molar-refractivity contribution is -0.118. The molecule has 4 nitrogen and oxygen atoms in total. The molecule has 0 unspecified atom stereocenters. The van der Waals surface area contributed by atoms with Crippen LogP contribution in [-0.2, 0) is 17.8 Å². The molecule has 0 atom stereocenters. The minimum atomic E-state index is -0.296. The molecule has 0 aliphatic heterocycles. The molecule has 1 aliphatic rings. The average Bonchev–Trinajstić information content (AvgIpc) is 2.37. The van der Waals surface area contributed by atoms with Crippen molar-refractivity contribution in [1.82, 2.24) is 5.32 Å². The second-order valence-corrected chi connectivity index (χ2v) is 4.54. The first-order valence-electron chi connectivity index (χ1n) is 5.83. The molecule has 1 aliphatic carbocycles. The molecule has 0 radical (unpaired) electrons. The van der Waals surface area contributed by atoms with E-state index in [1.54, 1.807) is 6.07 Å². The third-order valence-electron chi connectivity index (χ3n) is 3.12. The molecule has 2 rings (SSSR count). The maximum Gasteiger partial charge on any atom is 0.235 e. The molecule has 1 amide bonds. The van der Waals surface area contributed by atoms with Gasteiger partial charge in [-0.2, -0.15) is 0 Å². The molecule has 0 heterocycles. The quantitative estimate of drug-likeness (QED) is 0.820. The summed E-state index contributed by atoms with van der Waals surface area (Å²) in [6.07, 6.45) is 2.08. The summed E-state index contributed by atoms with van der Waals surface area (Å²) in [5.41, 5.74) is 2.13. The van der Waals surface area contributed by atoms with Crippen LogP contribution < -0.4 is 5.32 Å². The monoisotopic (exact) mass is 267 g/mol. The Labute approximate surface area is 110 Å². The van der Waals surface area contributed by atoms with Gasteiger partial charge in [-0.15, -0.1) is 11.6 Å². The normalized spacial score (nSPS) is 14.2. The van der Waals surface area contributed by atoms with E-state index in [1.807, 2.05) is 0 Å². The first-order chi connectivity index (χ1) is 8.63. The van der Waals surface area contributed by atoms with Crippen molar-refractivity contribution in [2.24, 2.45) is 0 Å². The Hall–Kier alpha value is -1.55. The van der Waals surface area contributed by atoms with Crippen molar-refractivity contribution in [1.29, 1.82) is 0 Å². The van der Waals surface area contributed by atoms with Gasteiger partial charge in [0.15, 0.2) is 5.78 Å². The molecule has 2 N–H and O–H groups in total. The van der Waals surface area contributed by atoms with Gasteiger partial charge in [-0.1, -0.05) is 0 Å². The molecule has 0 saturated carbocycles. The number of amides is 1. The lowest BCUT2D eigenvalue weighted by Gasteiger charge is -2.19. The van der Waals surface area contributed by atoms with Gasteiger partial charge in [0.1, 0.15) is 11.6 Å². The van der Waals surface area contributed by atoms with Crippen LogP contribution in [-0.4, -0.2) is 22.7 Å². The minimum Gasteiger partial charge on any atom is -0.508 e. The van der Waals surface area contributed by atoms with Crippen LogP contribution in [0.1, 0.15) is 34.3 Å². The Balaban J connectivity index is 2.31. The first kappa shape index (κ1) is 12.9. The third-order valence-corrected chi connectivity index (χ3v) is 3.36. The lowest BCUT2D eigenvalue weighted by Crippen LogP contribution is -2.25. The summed E-state index contributed by atoms with van der Waals surface area (Å²) in [4.78, 5) is 22.9. The average molecular weight is 268 g/mol. The number of nitrogens with one attached hydrogen (secondary N) is 1. The largest absolute Gasteiger partial charge is 0.508 e. The topological polar surface area (TPSA) is 66.4 Å². The van der Waals surface area contributed by atoms with Crippen LogP contribution in [0, 0.1) is 0 Å². The molecule has 0 spiro atoms. The number of phenols is 1. The molecule has 96 valence electrons. The summed E-state index contributed by atoms with van der Waals surface area (Å²) in [6, 6.07) is 3.16. The van der Waals surface area contributed by atoms with Crippen LogP contribution in [0.15, 0.2) is 12.1 Å². The van der Waals surface area contributed by atoms with Crippen molar-refractivity contribution in [2.75, 3.05) is 5.88 Å². The summed E-state index contributed by atoms with van der Waals surface area (Å²) >= 11 is 5.40. The molecule has 1 aromatic carbocycles. The summed E-state index contributed by atoms with van der Waals surface area (Å²) in [5, 5.41) is 12.5. The zero-order valence-corrected chi connectivity index (χ0v) is 10.6. The highest BCUT2D eigenvalue weighted by molar-refractivity contribution is 6.27. The summed E-state index contributed by atoms with van der Waals surface area (Å²) in [6.45, 7) is 0.202. The van der Waals surface area contributed by atoms with E-state index in [0.717, 1.165) is 18.4 Å². The van der Waals surface area contributed by atoms with E-state index in [9.17, 15) is 14.7 Å². The molecule has 0 bridgehead atoms. The van der Waals surface area contributed by atoms with Crippen molar-refractivity contribution >= 4 is 23.3 Å². The summed E-state index contributed by atoms with van der Waals surface area (Å²) in [5.74, 6) is -0.204. The predicted octanol–water partition coefficient (Wildman–Crippen LogP) is 1.77. The summed E-state index contributed by atoms with van der Waals surface area (Å²) < 4.78 is 0. The van der Waals surface area contributed by atoms with Crippen LogP contribution >= 0.6 is 11.6 Å². The number of aromatic hydroxyl groups is 1. The third kappa shape index (κ3) is 2.48. The van der Waals surface area contributed by atoms with E-state index >= 15 is 0 Å². The number of carbonyl (C=O) groups excluding carboxylic acids is 2. The van der Waals surface area contributed by atoms with Gasteiger partial charge in [-0.3, -0.25) is 9.59 Å². The van der Waals surface area contributed by atoms with Gasteiger partial charge in [0.2, 0.25) is 5.91 Å². The highest BCUT2D eigenvalue weighted by Crippen LogP contribution is 2.30. The van der Waals surface area contributed by atoms with Crippen molar-refractivity contribution in [3.05, 3.63) is 28.8 Å². The molecule has 18 heavy (non-hydrogen) atoms. The number of benzene rings is 1. The second-order valence-electron chi connectivity index (χ2n) is 4.28. The van der Waals surface area contributed by atoms with Crippen LogP contribution in [0.4, 0.5) is 0 Å². The first-order valence-corrected chi connectivity index (χ1v) is 6.36. The fraction of sp³-hybridized carbons (Fsp3) is 0.385. The maximum absolute atomic E-state index is 11.8. The maximum atomic E-state index is 11.8. The van der Waals surface area contributed by atoms with Gasteiger partial charge in [-0.25, -0.2) is 0 Å². The Kier molecular flexibility index (Phi) is 3.87. The highest BCUT2D eigenvalue weighted by atomic mass is 35.5. The minimum absolute atomic E-state index is 0.0983. The summed E-state index contributed by atoms with van der Waals surface area (Å²) in [7, 11) is 0. The number of phenolic OH excluding ortho intramolecular Hbond substituents is 1. The van der Waals surface area contributed by atoms with E-state index < -0.39 is 0 Å². The van der Waals surface area contributed by atoms with Crippen LogP contribution in [0.2, 0.25) is 0 Å². The standard InChI is InChI=1S/C13H14ClNO3/c14-6-13(18)15-7-10-8-2-1-3-11(16)9(8)4-5-12(10)17/h4-5,17H,1-3,6-7H2,(H,15,18). The van der Waals surface area contributed by atoms with Crippen LogP contribution in [0.3, 0.4) is 0 Å². The lowest BCUT2D eigenvalue weighted by atomic mass is 9.87. The SMILES string of the molecule is O=C(CCl)NCc1c(O)ccc2c1CCCC2=O. The number of rotatable bonds is 3. The number of halogens is 1. The Morgan fingerprint density at radius 2 is 2.17 bits per heavy atom. The van der Waals surface area contributed by atoms with E-state index in [-0.39, 0.29) is 29.9 Å². The van der Waals surface area contributed by atoms with Gasteiger partial charge in [-0.05, 0) is 30.5 Å². The Bertz CT molecular complexity index is 499. The van der Waals surface area contributed by atoms with E-state index in [2.05, 4.69) is 5.32 Å². The second kappa shape index (κ2) is 5.40. The molecular formula is C13H14ClNO3. The van der Waals surface area contributed by atoms with E-state index in [0.29, 0.717) is 17.5 Å². The smallest absolute Gasteiger partial charge is 0.235 e. The number of hydrogen-bond acceptors (Lipinski definition) is 3. The highest BCUT2D eigenvalue weighted by Gasteiger charge is 2.21. The molecule has 5 heteroatoms. The zero-order chi connectivity index (χ0) is 13.1. The molecule has 1 aromatic rings. The zero-order valence-electron chi connectivity index (χ0n) is 9.83. The van der Waals surface area contributed by atoms with Crippen LogP contribution in [0.25, 0.3) is 0 Å². The van der Waals surface area contributed by atoms with Gasteiger partial charge < -0.3 is 10.4 Å². The number of ketones is 1. The van der Waals surface area contributed by atoms with Crippen LogP contribution in [0.5, 0.6) is 5.75 Å². The van der Waals surface area contributed by atoms with Crippen molar-refractivity contribution < 1.29 is 14.7 Å². The van der Waals surface area contributed by atoms with Gasteiger partial charge >= 0.3 is 0 Å². The Morgan fingerprint density at radius 3 is 2.89 bits per heavy atom.